The number of aliphatic carboxylic acids is 1. The first-order chi connectivity index (χ1) is 7.17. The molecule has 8 heteroatoms. The molecular formula is C8H8F3NO3S. The van der Waals surface area contributed by atoms with Gasteiger partial charge in [-0.05, 0) is 6.92 Å². The Hall–Kier alpha value is -1.15. The van der Waals surface area contributed by atoms with Crippen LogP contribution in [0.25, 0.3) is 0 Å². The van der Waals surface area contributed by atoms with Gasteiger partial charge in [0.05, 0.1) is 6.42 Å². The van der Waals surface area contributed by atoms with Gasteiger partial charge in [-0.2, -0.15) is 13.2 Å². The quantitative estimate of drug-likeness (QED) is 0.862. The number of thiazole rings is 1. The number of alkyl halides is 3. The van der Waals surface area contributed by atoms with Gasteiger partial charge in [0.25, 0.3) is 0 Å². The van der Waals surface area contributed by atoms with Crippen molar-refractivity contribution in [1.29, 1.82) is 0 Å². The van der Waals surface area contributed by atoms with Crippen molar-refractivity contribution < 1.29 is 28.2 Å². The minimum Gasteiger partial charge on any atom is -0.481 e. The number of nitrogens with zero attached hydrogens (tertiary/aromatic N) is 1. The lowest BCUT2D eigenvalue weighted by molar-refractivity contribution is -0.269. The number of halogens is 3. The smallest absolute Gasteiger partial charge is 0.424 e. The summed E-state index contributed by atoms with van der Waals surface area (Å²) in [5.41, 5.74) is -3.12. The van der Waals surface area contributed by atoms with Gasteiger partial charge in [0, 0.05) is 11.1 Å². The molecule has 1 heterocycles. The Morgan fingerprint density at radius 3 is 2.44 bits per heavy atom. The SMILES string of the molecule is Cc1csc([C@@](O)(CC(=O)O)C(F)(F)F)n1. The first-order valence-corrected chi connectivity index (χ1v) is 4.98. The molecule has 0 fully saturated rings. The number of rotatable bonds is 3. The molecule has 1 aromatic rings. The lowest BCUT2D eigenvalue weighted by atomic mass is 10.00. The van der Waals surface area contributed by atoms with Crippen LogP contribution < -0.4 is 0 Å². The number of hydrogen-bond donors (Lipinski definition) is 2. The van der Waals surface area contributed by atoms with E-state index in [-0.39, 0.29) is 0 Å². The van der Waals surface area contributed by atoms with E-state index in [9.17, 15) is 23.1 Å². The Balaban J connectivity index is 3.19. The fourth-order valence-corrected chi connectivity index (χ4v) is 1.97. The molecule has 1 aromatic heterocycles. The zero-order valence-electron chi connectivity index (χ0n) is 8.08. The summed E-state index contributed by atoms with van der Waals surface area (Å²) in [6.45, 7) is 1.46. The second-order valence-corrected chi connectivity index (χ2v) is 4.08. The van der Waals surface area contributed by atoms with Gasteiger partial charge in [0.2, 0.25) is 5.60 Å². The van der Waals surface area contributed by atoms with Crippen LogP contribution in [0.3, 0.4) is 0 Å². The van der Waals surface area contributed by atoms with E-state index in [2.05, 4.69) is 4.98 Å². The van der Waals surface area contributed by atoms with E-state index in [0.717, 1.165) is 0 Å². The fraction of sp³-hybridized carbons (Fsp3) is 0.500. The van der Waals surface area contributed by atoms with E-state index < -0.39 is 29.2 Å². The zero-order chi connectivity index (χ0) is 12.6. The lowest BCUT2D eigenvalue weighted by Crippen LogP contribution is -2.44. The van der Waals surface area contributed by atoms with E-state index in [1.54, 1.807) is 0 Å². The summed E-state index contributed by atoms with van der Waals surface area (Å²) in [6.07, 6.45) is -6.53. The molecule has 0 unspecified atom stereocenters. The summed E-state index contributed by atoms with van der Waals surface area (Å²) >= 11 is 0.581. The highest BCUT2D eigenvalue weighted by Crippen LogP contribution is 2.42. The molecule has 1 atom stereocenters. The van der Waals surface area contributed by atoms with Crippen molar-refractivity contribution in [3.05, 3.63) is 16.1 Å². The van der Waals surface area contributed by atoms with Gasteiger partial charge in [0.15, 0.2) is 0 Å². The maximum atomic E-state index is 12.6. The largest absolute Gasteiger partial charge is 0.481 e. The van der Waals surface area contributed by atoms with Crippen molar-refractivity contribution in [1.82, 2.24) is 4.98 Å². The predicted molar refractivity (Wildman–Crippen MR) is 49.1 cm³/mol. The summed E-state index contributed by atoms with van der Waals surface area (Å²) in [6, 6.07) is 0. The fourth-order valence-electron chi connectivity index (χ4n) is 1.06. The van der Waals surface area contributed by atoms with E-state index in [1.165, 1.54) is 12.3 Å². The first-order valence-electron chi connectivity index (χ1n) is 4.10. The van der Waals surface area contributed by atoms with Crippen LogP contribution in [0.1, 0.15) is 17.1 Å². The first kappa shape index (κ1) is 12.9. The number of hydrogen-bond acceptors (Lipinski definition) is 4. The lowest BCUT2D eigenvalue weighted by Gasteiger charge is -2.26. The standard InChI is InChI=1S/C8H8F3NO3S/c1-4-3-16-6(12-4)7(15,2-5(13)14)8(9,10)11/h3,15H,2H2,1H3,(H,13,14)/t7-/m0/s1. The molecule has 0 radical (unpaired) electrons. The van der Waals surface area contributed by atoms with Crippen molar-refractivity contribution >= 4 is 17.3 Å². The Morgan fingerprint density at radius 1 is 1.56 bits per heavy atom. The minimum atomic E-state index is -5.07. The van der Waals surface area contributed by atoms with Gasteiger partial charge in [0.1, 0.15) is 5.01 Å². The Kier molecular flexibility index (Phi) is 3.25. The maximum Gasteiger partial charge on any atom is 0.424 e. The highest BCUT2D eigenvalue weighted by Gasteiger charge is 2.58. The van der Waals surface area contributed by atoms with Gasteiger partial charge in [-0.15, -0.1) is 11.3 Å². The van der Waals surface area contributed by atoms with Crippen LogP contribution in [0, 0.1) is 6.92 Å². The molecule has 0 aliphatic carbocycles. The van der Waals surface area contributed by atoms with E-state index in [0.29, 0.717) is 17.0 Å². The van der Waals surface area contributed by atoms with Crippen molar-refractivity contribution in [3.8, 4) is 0 Å². The van der Waals surface area contributed by atoms with E-state index in [4.69, 9.17) is 5.11 Å². The van der Waals surface area contributed by atoms with Crippen LogP contribution in [0.2, 0.25) is 0 Å². The summed E-state index contributed by atoms with van der Waals surface area (Å²) < 4.78 is 37.8. The summed E-state index contributed by atoms with van der Waals surface area (Å²) in [5, 5.41) is 18.5. The third-order valence-electron chi connectivity index (χ3n) is 1.85. The number of aromatic nitrogens is 1. The second-order valence-electron chi connectivity index (χ2n) is 3.22. The van der Waals surface area contributed by atoms with Crippen LogP contribution in [-0.2, 0) is 10.4 Å². The van der Waals surface area contributed by atoms with E-state index >= 15 is 0 Å². The molecule has 0 aliphatic heterocycles. The third kappa shape index (κ3) is 2.33. The minimum absolute atomic E-state index is 0.299. The summed E-state index contributed by atoms with van der Waals surface area (Å²) in [4.78, 5) is 13.8. The molecule has 0 bridgehead atoms. The van der Waals surface area contributed by atoms with Crippen LogP contribution >= 0.6 is 11.3 Å². The number of aryl methyl sites for hydroxylation is 1. The van der Waals surface area contributed by atoms with Gasteiger partial charge < -0.3 is 10.2 Å². The van der Waals surface area contributed by atoms with Crippen molar-refractivity contribution in [2.75, 3.05) is 0 Å². The van der Waals surface area contributed by atoms with Crippen LogP contribution in [-0.4, -0.2) is 27.3 Å². The van der Waals surface area contributed by atoms with Crippen molar-refractivity contribution in [2.45, 2.75) is 25.1 Å². The molecular weight excluding hydrogens is 247 g/mol. The molecule has 2 N–H and O–H groups in total. The topological polar surface area (TPSA) is 70.4 Å². The second kappa shape index (κ2) is 4.02. The Morgan fingerprint density at radius 2 is 2.12 bits per heavy atom. The average molecular weight is 255 g/mol. The van der Waals surface area contributed by atoms with E-state index in [1.807, 2.05) is 0 Å². The van der Waals surface area contributed by atoms with Crippen molar-refractivity contribution in [2.24, 2.45) is 0 Å². The van der Waals surface area contributed by atoms with Gasteiger partial charge in [-0.25, -0.2) is 4.98 Å². The van der Waals surface area contributed by atoms with Crippen LogP contribution in [0.15, 0.2) is 5.38 Å². The summed E-state index contributed by atoms with van der Waals surface area (Å²) in [5.74, 6) is -1.74. The molecule has 0 saturated carbocycles. The van der Waals surface area contributed by atoms with Crippen LogP contribution in [0.5, 0.6) is 0 Å². The molecule has 0 spiro atoms. The molecule has 16 heavy (non-hydrogen) atoms. The number of carbonyl (C=O) groups is 1. The Bertz CT molecular complexity index is 403. The molecule has 4 nitrogen and oxygen atoms in total. The average Bonchev–Trinajstić information content (AvgIpc) is 2.48. The normalized spacial score (nSPS) is 15.8. The van der Waals surface area contributed by atoms with Crippen LogP contribution in [0.4, 0.5) is 13.2 Å². The highest BCUT2D eigenvalue weighted by molar-refractivity contribution is 7.09. The molecule has 0 aromatic carbocycles. The maximum absolute atomic E-state index is 12.6. The van der Waals surface area contributed by atoms with Gasteiger partial charge in [-0.3, -0.25) is 4.79 Å². The number of carboxylic acids is 1. The molecule has 0 saturated heterocycles. The monoisotopic (exact) mass is 255 g/mol. The molecule has 90 valence electrons. The molecule has 0 aliphatic rings. The summed E-state index contributed by atoms with van der Waals surface area (Å²) in [7, 11) is 0. The van der Waals surface area contributed by atoms with Gasteiger partial charge in [-0.1, -0.05) is 0 Å². The predicted octanol–water partition coefficient (Wildman–Crippen LogP) is 1.68. The van der Waals surface area contributed by atoms with Gasteiger partial charge >= 0.3 is 12.1 Å². The van der Waals surface area contributed by atoms with Crippen molar-refractivity contribution in [3.63, 3.8) is 0 Å². The number of aliphatic hydroxyl groups is 1. The third-order valence-corrected chi connectivity index (χ3v) is 2.96. The zero-order valence-corrected chi connectivity index (χ0v) is 8.89. The highest BCUT2D eigenvalue weighted by atomic mass is 32.1. The number of carboxylic acid groups (broad SMARTS) is 1. The molecule has 0 amide bonds. The molecule has 1 rings (SSSR count). The Labute approximate surface area is 92.4 Å².